The number of anilines is 1. The number of imidazole rings is 1. The number of nitrogens with one attached hydrogen (secondary N) is 2. The summed E-state index contributed by atoms with van der Waals surface area (Å²) in [5, 5.41) is 7.01. The first-order valence-electron chi connectivity index (χ1n) is 10.4. The van der Waals surface area contributed by atoms with Crippen molar-refractivity contribution in [1.82, 2.24) is 20.2 Å². The summed E-state index contributed by atoms with van der Waals surface area (Å²) in [6.07, 6.45) is 6.18. The maximum Gasteiger partial charge on any atom is 0.191 e. The Bertz CT molecular complexity index is 800. The van der Waals surface area contributed by atoms with Gasteiger partial charge in [0.15, 0.2) is 5.96 Å². The minimum absolute atomic E-state index is 0.344. The predicted molar refractivity (Wildman–Crippen MR) is 119 cm³/mol. The highest BCUT2D eigenvalue weighted by atomic mass is 16.5. The summed E-state index contributed by atoms with van der Waals surface area (Å²) in [7, 11) is 3.53. The van der Waals surface area contributed by atoms with Gasteiger partial charge in [0.05, 0.1) is 13.7 Å². The largest absolute Gasteiger partial charge is 0.497 e. The first-order chi connectivity index (χ1) is 14.1. The fourth-order valence-corrected chi connectivity index (χ4v) is 3.75. The smallest absolute Gasteiger partial charge is 0.191 e. The van der Waals surface area contributed by atoms with Crippen LogP contribution in [0.3, 0.4) is 0 Å². The number of hydrogen-bond donors (Lipinski definition) is 2. The lowest BCUT2D eigenvalue weighted by Crippen LogP contribution is -2.51. The minimum atomic E-state index is 0.344. The van der Waals surface area contributed by atoms with Crippen molar-refractivity contribution >= 4 is 11.6 Å². The lowest BCUT2D eigenvalue weighted by molar-refractivity contribution is 0.414. The van der Waals surface area contributed by atoms with Crippen LogP contribution in [0.1, 0.15) is 32.5 Å². The topological polar surface area (TPSA) is 66.7 Å². The molecule has 1 aromatic carbocycles. The lowest BCUT2D eigenvalue weighted by atomic mass is 10.0. The van der Waals surface area contributed by atoms with E-state index in [4.69, 9.17) is 4.74 Å². The van der Waals surface area contributed by atoms with Crippen LogP contribution in [0.25, 0.3) is 0 Å². The zero-order chi connectivity index (χ0) is 20.6. The Morgan fingerprint density at radius 1 is 1.38 bits per heavy atom. The quantitative estimate of drug-likeness (QED) is 0.555. The molecule has 3 rings (SSSR count). The van der Waals surface area contributed by atoms with Gasteiger partial charge < -0.3 is 24.8 Å². The fraction of sp³-hybridized carbons (Fsp3) is 0.545. The van der Waals surface area contributed by atoms with Crippen LogP contribution in [-0.4, -0.2) is 48.8 Å². The Hall–Kier alpha value is -2.70. The summed E-state index contributed by atoms with van der Waals surface area (Å²) in [4.78, 5) is 11.3. The summed E-state index contributed by atoms with van der Waals surface area (Å²) in [6.45, 7) is 8.07. The molecule has 0 radical (unpaired) electrons. The van der Waals surface area contributed by atoms with E-state index in [-0.39, 0.29) is 0 Å². The highest BCUT2D eigenvalue weighted by Crippen LogP contribution is 2.24. The van der Waals surface area contributed by atoms with E-state index >= 15 is 0 Å². The van der Waals surface area contributed by atoms with Gasteiger partial charge in [-0.3, -0.25) is 4.99 Å². The van der Waals surface area contributed by atoms with Crippen LogP contribution in [-0.2, 0) is 13.1 Å². The lowest BCUT2D eigenvalue weighted by Gasteiger charge is -2.35. The number of ether oxygens (including phenoxy) is 1. The molecular weight excluding hydrogens is 364 g/mol. The highest BCUT2D eigenvalue weighted by molar-refractivity contribution is 5.80. The van der Waals surface area contributed by atoms with Crippen molar-refractivity contribution < 1.29 is 4.74 Å². The molecule has 1 aliphatic heterocycles. The summed E-state index contributed by atoms with van der Waals surface area (Å²) in [5.74, 6) is 3.34. The second kappa shape index (κ2) is 10.2. The van der Waals surface area contributed by atoms with Gasteiger partial charge in [-0.2, -0.15) is 0 Å². The number of rotatable bonds is 7. The number of benzene rings is 1. The Kier molecular flexibility index (Phi) is 7.38. The molecule has 0 bridgehead atoms. The predicted octanol–water partition coefficient (Wildman–Crippen LogP) is 2.88. The molecule has 1 fully saturated rings. The van der Waals surface area contributed by atoms with E-state index in [0.29, 0.717) is 18.5 Å². The second-order valence-electron chi connectivity index (χ2n) is 7.95. The zero-order valence-corrected chi connectivity index (χ0v) is 18.1. The minimum Gasteiger partial charge on any atom is -0.497 e. The molecule has 1 saturated heterocycles. The van der Waals surface area contributed by atoms with Gasteiger partial charge in [0.1, 0.15) is 11.6 Å². The van der Waals surface area contributed by atoms with Gasteiger partial charge in [-0.1, -0.05) is 19.9 Å². The fourth-order valence-electron chi connectivity index (χ4n) is 3.75. The summed E-state index contributed by atoms with van der Waals surface area (Å²) in [6, 6.07) is 8.62. The maximum absolute atomic E-state index is 5.38. The first-order valence-corrected chi connectivity index (χ1v) is 10.4. The van der Waals surface area contributed by atoms with E-state index in [1.807, 2.05) is 31.6 Å². The molecule has 0 saturated carbocycles. The van der Waals surface area contributed by atoms with E-state index in [0.717, 1.165) is 50.0 Å². The molecular formula is C22H34N6O. The van der Waals surface area contributed by atoms with Crippen LogP contribution in [0.5, 0.6) is 5.75 Å². The van der Waals surface area contributed by atoms with Gasteiger partial charge in [0.2, 0.25) is 0 Å². The van der Waals surface area contributed by atoms with Gasteiger partial charge in [0.25, 0.3) is 0 Å². The molecule has 0 aliphatic carbocycles. The number of piperidine rings is 1. The van der Waals surface area contributed by atoms with E-state index in [2.05, 4.69) is 56.1 Å². The third-order valence-corrected chi connectivity index (χ3v) is 5.18. The molecule has 1 aliphatic rings. The van der Waals surface area contributed by atoms with Crippen molar-refractivity contribution in [3.63, 3.8) is 0 Å². The number of guanidine groups is 1. The van der Waals surface area contributed by atoms with Crippen LogP contribution >= 0.6 is 0 Å². The van der Waals surface area contributed by atoms with Crippen LogP contribution in [0.4, 0.5) is 5.69 Å². The zero-order valence-electron chi connectivity index (χ0n) is 18.1. The number of methoxy groups -OCH3 is 1. The molecule has 29 heavy (non-hydrogen) atoms. The standard InChI is InChI=1S/C22H34N6O/c1-17(2)15-28-12-10-24-21(28)14-25-22(23-3)26-18-7-6-11-27(16-18)19-8-5-9-20(13-19)29-4/h5,8-10,12-13,17-18H,6-7,11,14-16H2,1-4H3,(H2,23,25,26). The van der Waals surface area contributed by atoms with Crippen molar-refractivity contribution in [1.29, 1.82) is 0 Å². The van der Waals surface area contributed by atoms with Gasteiger partial charge in [-0.05, 0) is 30.9 Å². The Labute approximate surface area is 174 Å². The van der Waals surface area contributed by atoms with Gasteiger partial charge in [-0.15, -0.1) is 0 Å². The first kappa shape index (κ1) is 21.0. The Balaban J connectivity index is 1.56. The molecule has 0 amide bonds. The Morgan fingerprint density at radius 3 is 3.00 bits per heavy atom. The average molecular weight is 399 g/mol. The molecule has 158 valence electrons. The van der Waals surface area contributed by atoms with E-state index in [9.17, 15) is 0 Å². The number of nitrogens with zero attached hydrogens (tertiary/aromatic N) is 4. The van der Waals surface area contributed by atoms with Gasteiger partial charge in [-0.25, -0.2) is 4.98 Å². The number of hydrogen-bond acceptors (Lipinski definition) is 4. The third kappa shape index (κ3) is 5.89. The molecule has 1 atom stereocenters. The van der Waals surface area contributed by atoms with Crippen molar-refractivity contribution in [2.45, 2.75) is 45.8 Å². The van der Waals surface area contributed by atoms with Crippen LogP contribution in [0.15, 0.2) is 41.7 Å². The number of aliphatic imine (C=N–C) groups is 1. The summed E-state index contributed by atoms with van der Waals surface area (Å²) in [5.41, 5.74) is 1.20. The van der Waals surface area contributed by atoms with Gasteiger partial charge >= 0.3 is 0 Å². The molecule has 7 heteroatoms. The van der Waals surface area contributed by atoms with Crippen LogP contribution in [0.2, 0.25) is 0 Å². The molecule has 1 aromatic heterocycles. The Morgan fingerprint density at radius 2 is 2.24 bits per heavy atom. The molecule has 2 N–H and O–H groups in total. The number of aromatic nitrogens is 2. The molecule has 2 aromatic rings. The third-order valence-electron chi connectivity index (χ3n) is 5.18. The van der Waals surface area contributed by atoms with Crippen LogP contribution < -0.4 is 20.3 Å². The van der Waals surface area contributed by atoms with Crippen molar-refractivity contribution in [3.8, 4) is 5.75 Å². The monoisotopic (exact) mass is 398 g/mol. The van der Waals surface area contributed by atoms with Crippen molar-refractivity contribution in [2.24, 2.45) is 10.9 Å². The SMILES string of the molecule is CN=C(NCc1nccn1CC(C)C)NC1CCCN(c2cccc(OC)c2)C1. The maximum atomic E-state index is 5.38. The second-order valence-corrected chi connectivity index (χ2v) is 7.95. The average Bonchev–Trinajstić information content (AvgIpc) is 3.17. The van der Waals surface area contributed by atoms with Gasteiger partial charge in [0, 0.05) is 56.9 Å². The van der Waals surface area contributed by atoms with E-state index in [1.54, 1.807) is 7.11 Å². The summed E-state index contributed by atoms with van der Waals surface area (Å²) >= 11 is 0. The van der Waals surface area contributed by atoms with Crippen molar-refractivity contribution in [3.05, 3.63) is 42.5 Å². The van der Waals surface area contributed by atoms with Crippen molar-refractivity contribution in [2.75, 3.05) is 32.1 Å². The molecule has 2 heterocycles. The van der Waals surface area contributed by atoms with E-state index in [1.165, 1.54) is 5.69 Å². The molecule has 7 nitrogen and oxygen atoms in total. The normalized spacial score (nSPS) is 17.5. The molecule has 1 unspecified atom stereocenters. The summed E-state index contributed by atoms with van der Waals surface area (Å²) < 4.78 is 7.58. The van der Waals surface area contributed by atoms with E-state index < -0.39 is 0 Å². The highest BCUT2D eigenvalue weighted by Gasteiger charge is 2.21. The molecule has 0 spiro atoms. The van der Waals surface area contributed by atoms with Crippen LogP contribution in [0, 0.1) is 5.92 Å².